The highest BCUT2D eigenvalue weighted by Crippen LogP contribution is 2.24. The standard InChI is InChI=1S/C13H12F3N3/c1-7-18-11-6-17-3-2-12(11)19(7)13-5-9(15)8(14)4-10(13)16/h4-5,17H,2-3,6H2,1H3. The predicted octanol–water partition coefficient (Wildman–Crippen LogP) is 2.24. The Bertz CT molecular complexity index is 649. The molecule has 2 heterocycles. The fourth-order valence-corrected chi connectivity index (χ4v) is 2.45. The van der Waals surface area contributed by atoms with Gasteiger partial charge in [0.1, 0.15) is 11.6 Å². The maximum atomic E-state index is 13.9. The second-order valence-electron chi connectivity index (χ2n) is 4.53. The molecule has 100 valence electrons. The number of nitrogens with zero attached hydrogens (tertiary/aromatic N) is 2. The fourth-order valence-electron chi connectivity index (χ4n) is 2.45. The van der Waals surface area contributed by atoms with Crippen molar-refractivity contribution < 1.29 is 13.2 Å². The van der Waals surface area contributed by atoms with Crippen LogP contribution in [0.3, 0.4) is 0 Å². The smallest absolute Gasteiger partial charge is 0.161 e. The average Bonchev–Trinajstić information content (AvgIpc) is 2.70. The molecule has 3 rings (SSSR count). The molecule has 0 amide bonds. The van der Waals surface area contributed by atoms with Gasteiger partial charge < -0.3 is 5.32 Å². The van der Waals surface area contributed by atoms with Gasteiger partial charge >= 0.3 is 0 Å². The van der Waals surface area contributed by atoms with E-state index in [2.05, 4.69) is 10.3 Å². The number of imidazole rings is 1. The lowest BCUT2D eigenvalue weighted by Crippen LogP contribution is -2.25. The van der Waals surface area contributed by atoms with E-state index < -0.39 is 17.5 Å². The summed E-state index contributed by atoms with van der Waals surface area (Å²) >= 11 is 0. The van der Waals surface area contributed by atoms with E-state index in [1.807, 2.05) is 0 Å². The molecule has 0 atom stereocenters. The van der Waals surface area contributed by atoms with Gasteiger partial charge in [0.25, 0.3) is 0 Å². The van der Waals surface area contributed by atoms with Gasteiger partial charge in [-0.15, -0.1) is 0 Å². The van der Waals surface area contributed by atoms with E-state index in [4.69, 9.17) is 0 Å². The van der Waals surface area contributed by atoms with Crippen molar-refractivity contribution in [3.05, 3.63) is 46.8 Å². The Kier molecular flexibility index (Phi) is 2.82. The fraction of sp³-hybridized carbons (Fsp3) is 0.308. The van der Waals surface area contributed by atoms with Crippen LogP contribution in [0.2, 0.25) is 0 Å². The van der Waals surface area contributed by atoms with Crippen molar-refractivity contribution in [3.63, 3.8) is 0 Å². The van der Waals surface area contributed by atoms with Crippen LogP contribution in [-0.2, 0) is 13.0 Å². The highest BCUT2D eigenvalue weighted by atomic mass is 19.2. The molecule has 0 fully saturated rings. The van der Waals surface area contributed by atoms with Crippen molar-refractivity contribution >= 4 is 0 Å². The van der Waals surface area contributed by atoms with Gasteiger partial charge in [0.05, 0.1) is 11.4 Å². The topological polar surface area (TPSA) is 29.9 Å². The van der Waals surface area contributed by atoms with Crippen LogP contribution in [-0.4, -0.2) is 16.1 Å². The van der Waals surface area contributed by atoms with Crippen LogP contribution < -0.4 is 5.32 Å². The summed E-state index contributed by atoms with van der Waals surface area (Å²) in [5.74, 6) is -2.47. The Morgan fingerprint density at radius 3 is 2.68 bits per heavy atom. The molecule has 1 aliphatic rings. The van der Waals surface area contributed by atoms with Crippen LogP contribution in [0.5, 0.6) is 0 Å². The van der Waals surface area contributed by atoms with E-state index in [0.29, 0.717) is 24.9 Å². The van der Waals surface area contributed by atoms with Crippen molar-refractivity contribution in [3.8, 4) is 5.69 Å². The molecule has 0 bridgehead atoms. The summed E-state index contributed by atoms with van der Waals surface area (Å²) in [6.07, 6.45) is 0.675. The summed E-state index contributed by atoms with van der Waals surface area (Å²) in [4.78, 5) is 4.34. The lowest BCUT2D eigenvalue weighted by Gasteiger charge is -2.16. The van der Waals surface area contributed by atoms with E-state index in [-0.39, 0.29) is 5.69 Å². The van der Waals surface area contributed by atoms with Crippen molar-refractivity contribution in [1.29, 1.82) is 0 Å². The van der Waals surface area contributed by atoms with Crippen LogP contribution in [0, 0.1) is 24.4 Å². The number of halogens is 3. The molecule has 19 heavy (non-hydrogen) atoms. The minimum Gasteiger partial charge on any atom is -0.311 e. The van der Waals surface area contributed by atoms with Crippen LogP contribution in [0.15, 0.2) is 12.1 Å². The highest BCUT2D eigenvalue weighted by Gasteiger charge is 2.21. The second-order valence-corrected chi connectivity index (χ2v) is 4.53. The van der Waals surface area contributed by atoms with Crippen LogP contribution in [0.25, 0.3) is 5.69 Å². The normalized spacial score (nSPS) is 14.5. The monoisotopic (exact) mass is 267 g/mol. The van der Waals surface area contributed by atoms with Crippen LogP contribution in [0.1, 0.15) is 17.2 Å². The summed E-state index contributed by atoms with van der Waals surface area (Å²) in [5.41, 5.74) is 1.68. The minimum atomic E-state index is -1.19. The molecular weight excluding hydrogens is 255 g/mol. The van der Waals surface area contributed by atoms with Gasteiger partial charge in [0.2, 0.25) is 0 Å². The van der Waals surface area contributed by atoms with E-state index in [0.717, 1.165) is 24.0 Å². The number of benzene rings is 1. The van der Waals surface area contributed by atoms with Gasteiger partial charge in [-0.2, -0.15) is 0 Å². The third-order valence-corrected chi connectivity index (χ3v) is 3.29. The zero-order chi connectivity index (χ0) is 13.6. The number of aromatic nitrogens is 2. The van der Waals surface area contributed by atoms with Crippen molar-refractivity contribution in [2.75, 3.05) is 6.54 Å². The summed E-state index contributed by atoms with van der Waals surface area (Å²) in [7, 11) is 0. The van der Waals surface area contributed by atoms with Gasteiger partial charge in [0.15, 0.2) is 11.6 Å². The summed E-state index contributed by atoms with van der Waals surface area (Å²) in [6.45, 7) is 3.08. The number of nitrogens with one attached hydrogen (secondary N) is 1. The van der Waals surface area contributed by atoms with Gasteiger partial charge in [-0.3, -0.25) is 4.57 Å². The zero-order valence-electron chi connectivity index (χ0n) is 10.3. The van der Waals surface area contributed by atoms with E-state index in [1.54, 1.807) is 11.5 Å². The number of fused-ring (bicyclic) bond motifs is 1. The SMILES string of the molecule is Cc1nc2c(n1-c1cc(F)c(F)cc1F)CCNC2. The van der Waals surface area contributed by atoms with Gasteiger partial charge in [-0.25, -0.2) is 18.2 Å². The Hall–Kier alpha value is -1.82. The number of hydrogen-bond acceptors (Lipinski definition) is 2. The van der Waals surface area contributed by atoms with Gasteiger partial charge in [-0.05, 0) is 6.92 Å². The molecule has 0 saturated carbocycles. The molecule has 0 aliphatic carbocycles. The average molecular weight is 267 g/mol. The first-order chi connectivity index (χ1) is 9.08. The third-order valence-electron chi connectivity index (χ3n) is 3.29. The molecule has 3 nitrogen and oxygen atoms in total. The van der Waals surface area contributed by atoms with Crippen LogP contribution >= 0.6 is 0 Å². The minimum absolute atomic E-state index is 0.00653. The first kappa shape index (κ1) is 12.2. The molecule has 0 radical (unpaired) electrons. The molecular formula is C13H12F3N3. The number of hydrogen-bond donors (Lipinski definition) is 1. The Morgan fingerprint density at radius 2 is 1.89 bits per heavy atom. The maximum absolute atomic E-state index is 13.9. The van der Waals surface area contributed by atoms with E-state index in [1.165, 1.54) is 0 Å². The molecule has 6 heteroatoms. The summed E-state index contributed by atoms with van der Waals surface area (Å²) in [5, 5.41) is 3.16. The quantitative estimate of drug-likeness (QED) is 0.803. The molecule has 0 spiro atoms. The lowest BCUT2D eigenvalue weighted by molar-refractivity contribution is 0.491. The third kappa shape index (κ3) is 1.92. The Morgan fingerprint density at radius 1 is 1.16 bits per heavy atom. The highest BCUT2D eigenvalue weighted by molar-refractivity contribution is 5.40. The zero-order valence-corrected chi connectivity index (χ0v) is 10.3. The first-order valence-electron chi connectivity index (χ1n) is 6.00. The van der Waals surface area contributed by atoms with Crippen LogP contribution in [0.4, 0.5) is 13.2 Å². The van der Waals surface area contributed by atoms with Gasteiger partial charge in [-0.1, -0.05) is 0 Å². The Balaban J connectivity index is 2.22. The predicted molar refractivity (Wildman–Crippen MR) is 63.6 cm³/mol. The maximum Gasteiger partial charge on any atom is 0.161 e. The van der Waals surface area contributed by atoms with E-state index >= 15 is 0 Å². The molecule has 0 unspecified atom stereocenters. The van der Waals surface area contributed by atoms with Crippen molar-refractivity contribution in [1.82, 2.24) is 14.9 Å². The summed E-state index contributed by atoms with van der Waals surface area (Å²) in [6, 6.07) is 1.44. The first-order valence-corrected chi connectivity index (χ1v) is 6.00. The molecule has 1 N–H and O–H groups in total. The molecule has 2 aromatic rings. The Labute approximate surface area is 108 Å². The lowest BCUT2D eigenvalue weighted by atomic mass is 10.1. The molecule has 1 aliphatic heterocycles. The second kappa shape index (κ2) is 4.38. The summed E-state index contributed by atoms with van der Waals surface area (Å²) < 4.78 is 41.8. The molecule has 1 aromatic heterocycles. The van der Waals surface area contributed by atoms with Gasteiger partial charge in [0, 0.05) is 37.3 Å². The molecule has 0 saturated heterocycles. The number of rotatable bonds is 1. The molecule has 1 aromatic carbocycles. The van der Waals surface area contributed by atoms with E-state index in [9.17, 15) is 13.2 Å². The van der Waals surface area contributed by atoms with Crippen molar-refractivity contribution in [2.24, 2.45) is 0 Å². The number of aryl methyl sites for hydroxylation is 1. The van der Waals surface area contributed by atoms with Crippen molar-refractivity contribution in [2.45, 2.75) is 19.9 Å². The largest absolute Gasteiger partial charge is 0.311 e.